The summed E-state index contributed by atoms with van der Waals surface area (Å²) in [5, 5.41) is 0.585. The highest BCUT2D eigenvalue weighted by Gasteiger charge is 2.13. The van der Waals surface area contributed by atoms with E-state index in [0.717, 1.165) is 6.07 Å². The van der Waals surface area contributed by atoms with Crippen LogP contribution < -0.4 is 11.2 Å². The molecule has 1 aromatic carbocycles. The van der Waals surface area contributed by atoms with Crippen molar-refractivity contribution in [2.45, 2.75) is 0 Å². The first-order chi connectivity index (χ1) is 8.04. The molecule has 6 heteroatoms. The molecule has 0 radical (unpaired) electrons. The molecule has 17 heavy (non-hydrogen) atoms. The third-order valence-electron chi connectivity index (χ3n) is 2.37. The monoisotopic (exact) mass is 252 g/mol. The first-order valence-electron chi connectivity index (χ1n) is 4.74. The zero-order chi connectivity index (χ0) is 12.6. The van der Waals surface area contributed by atoms with Gasteiger partial charge in [-0.3, -0.25) is 4.79 Å². The van der Waals surface area contributed by atoms with Gasteiger partial charge in [0.15, 0.2) is 5.43 Å². The number of rotatable bonds is 1. The second-order valence-electron chi connectivity index (χ2n) is 3.43. The number of methoxy groups -OCH3 is 1. The summed E-state index contributed by atoms with van der Waals surface area (Å²) in [5.74, 6) is -0.637. The molecule has 0 unspecified atom stereocenters. The number of carbonyl (C=O) groups is 1. The second-order valence-corrected chi connectivity index (χ2v) is 3.83. The van der Waals surface area contributed by atoms with Gasteiger partial charge in [0.2, 0.25) is 0 Å². The number of aromatic nitrogens is 1. The van der Waals surface area contributed by atoms with E-state index in [9.17, 15) is 9.59 Å². The summed E-state index contributed by atoms with van der Waals surface area (Å²) in [4.78, 5) is 25.9. The fourth-order valence-electron chi connectivity index (χ4n) is 1.57. The van der Waals surface area contributed by atoms with Crippen molar-refractivity contribution in [3.8, 4) is 0 Å². The van der Waals surface area contributed by atoms with Crippen molar-refractivity contribution in [1.29, 1.82) is 0 Å². The van der Waals surface area contributed by atoms with Crippen LogP contribution in [0.5, 0.6) is 0 Å². The number of carbonyl (C=O) groups excluding carboxylic acids is 1. The van der Waals surface area contributed by atoms with Gasteiger partial charge in [-0.15, -0.1) is 0 Å². The molecule has 1 aromatic heterocycles. The maximum Gasteiger partial charge on any atom is 0.354 e. The molecule has 0 bridgehead atoms. The van der Waals surface area contributed by atoms with Crippen LogP contribution in [-0.2, 0) is 4.74 Å². The molecule has 1 heterocycles. The number of H-pyrrole nitrogens is 1. The van der Waals surface area contributed by atoms with E-state index >= 15 is 0 Å². The first-order valence-corrected chi connectivity index (χ1v) is 5.11. The number of fused-ring (bicyclic) bond motifs is 1. The quantitative estimate of drug-likeness (QED) is 0.596. The fraction of sp³-hybridized carbons (Fsp3) is 0.0909. The number of ether oxygens (including phenoxy) is 1. The summed E-state index contributed by atoms with van der Waals surface area (Å²) in [6.45, 7) is 0. The number of hydrogen-bond donors (Lipinski definition) is 2. The molecule has 0 amide bonds. The fourth-order valence-corrected chi connectivity index (χ4v) is 1.78. The smallest absolute Gasteiger partial charge is 0.354 e. The van der Waals surface area contributed by atoms with Gasteiger partial charge in [-0.05, 0) is 12.1 Å². The van der Waals surface area contributed by atoms with E-state index in [1.165, 1.54) is 13.2 Å². The summed E-state index contributed by atoms with van der Waals surface area (Å²) in [7, 11) is 1.23. The third kappa shape index (κ3) is 1.85. The molecule has 5 nitrogen and oxygen atoms in total. The minimum absolute atomic E-state index is 0.0394. The lowest BCUT2D eigenvalue weighted by Gasteiger charge is -2.06. The van der Waals surface area contributed by atoms with Crippen LogP contribution in [0.1, 0.15) is 10.5 Å². The maximum atomic E-state index is 11.8. The van der Waals surface area contributed by atoms with Crippen LogP contribution in [0, 0.1) is 0 Å². The molecule has 0 aliphatic rings. The van der Waals surface area contributed by atoms with E-state index in [-0.39, 0.29) is 16.5 Å². The largest absolute Gasteiger partial charge is 0.464 e. The Kier molecular flexibility index (Phi) is 2.77. The molecule has 2 aromatic rings. The van der Waals surface area contributed by atoms with Crippen molar-refractivity contribution in [1.82, 2.24) is 4.98 Å². The zero-order valence-corrected chi connectivity index (χ0v) is 9.67. The Morgan fingerprint density at radius 3 is 2.82 bits per heavy atom. The molecule has 0 saturated heterocycles. The van der Waals surface area contributed by atoms with Crippen LogP contribution in [0.15, 0.2) is 23.0 Å². The highest BCUT2D eigenvalue weighted by atomic mass is 35.5. The van der Waals surface area contributed by atoms with Crippen molar-refractivity contribution in [3.05, 3.63) is 39.1 Å². The summed E-state index contributed by atoms with van der Waals surface area (Å²) in [6.07, 6.45) is 0. The van der Waals surface area contributed by atoms with Gasteiger partial charge in [-0.25, -0.2) is 4.79 Å². The molecule has 0 aliphatic carbocycles. The Morgan fingerprint density at radius 2 is 2.18 bits per heavy atom. The molecule has 3 N–H and O–H groups in total. The van der Waals surface area contributed by atoms with Crippen LogP contribution in [0.3, 0.4) is 0 Å². The topological polar surface area (TPSA) is 85.2 Å². The summed E-state index contributed by atoms with van der Waals surface area (Å²) in [6, 6.07) is 4.23. The summed E-state index contributed by atoms with van der Waals surface area (Å²) >= 11 is 5.94. The van der Waals surface area contributed by atoms with Crippen LogP contribution in [0.2, 0.25) is 5.02 Å². The van der Waals surface area contributed by atoms with Crippen molar-refractivity contribution in [2.75, 3.05) is 12.8 Å². The van der Waals surface area contributed by atoms with Crippen molar-refractivity contribution in [2.24, 2.45) is 0 Å². The number of nitrogens with one attached hydrogen (secondary N) is 1. The average molecular weight is 253 g/mol. The van der Waals surface area contributed by atoms with Gasteiger partial charge >= 0.3 is 5.97 Å². The normalized spacial score (nSPS) is 10.5. The first kappa shape index (κ1) is 11.5. The minimum atomic E-state index is -0.637. The highest BCUT2D eigenvalue weighted by Crippen LogP contribution is 2.24. The van der Waals surface area contributed by atoms with Crippen LogP contribution >= 0.6 is 11.6 Å². The molecule has 0 aliphatic heterocycles. The average Bonchev–Trinajstić information content (AvgIpc) is 2.32. The van der Waals surface area contributed by atoms with Gasteiger partial charge < -0.3 is 15.5 Å². The van der Waals surface area contributed by atoms with Gasteiger partial charge in [0.25, 0.3) is 0 Å². The number of pyridine rings is 1. The number of anilines is 1. The van der Waals surface area contributed by atoms with Gasteiger partial charge in [0.05, 0.1) is 23.0 Å². The van der Waals surface area contributed by atoms with Crippen molar-refractivity contribution >= 4 is 34.2 Å². The third-order valence-corrected chi connectivity index (χ3v) is 2.69. The van der Waals surface area contributed by atoms with Crippen LogP contribution in [0.25, 0.3) is 10.9 Å². The highest BCUT2D eigenvalue weighted by molar-refractivity contribution is 6.35. The number of nitrogens with two attached hydrogens (primary N) is 1. The Bertz CT molecular complexity index is 664. The summed E-state index contributed by atoms with van der Waals surface area (Å²) in [5.41, 5.74) is 5.99. The van der Waals surface area contributed by atoms with Crippen molar-refractivity contribution in [3.63, 3.8) is 0 Å². The standard InChI is InChI=1S/C11H9ClN2O3/c1-17-11(16)7-4-8(15)9-6(13)3-2-5(12)10(9)14-7/h2-4H,13H2,1H3,(H,14,15). The van der Waals surface area contributed by atoms with Crippen molar-refractivity contribution < 1.29 is 9.53 Å². The lowest BCUT2D eigenvalue weighted by Crippen LogP contribution is -2.12. The minimum Gasteiger partial charge on any atom is -0.464 e. The van der Waals surface area contributed by atoms with Gasteiger partial charge in [-0.2, -0.15) is 0 Å². The number of nitrogen functional groups attached to an aromatic ring is 1. The van der Waals surface area contributed by atoms with E-state index in [4.69, 9.17) is 17.3 Å². The Balaban J connectivity index is 2.87. The zero-order valence-electron chi connectivity index (χ0n) is 8.91. The van der Waals surface area contributed by atoms with E-state index in [0.29, 0.717) is 16.2 Å². The number of benzene rings is 1. The molecule has 0 atom stereocenters. The lowest BCUT2D eigenvalue weighted by atomic mass is 10.1. The molecule has 0 fully saturated rings. The number of esters is 1. The van der Waals surface area contributed by atoms with Gasteiger partial charge in [-0.1, -0.05) is 11.6 Å². The maximum absolute atomic E-state index is 11.8. The molecule has 0 spiro atoms. The van der Waals surface area contributed by atoms with E-state index < -0.39 is 5.97 Å². The molecule has 2 rings (SSSR count). The van der Waals surface area contributed by atoms with E-state index in [1.807, 2.05) is 0 Å². The predicted octanol–water partition coefficient (Wildman–Crippen LogP) is 1.55. The van der Waals surface area contributed by atoms with E-state index in [1.54, 1.807) is 6.07 Å². The number of halogens is 1. The Morgan fingerprint density at radius 1 is 1.47 bits per heavy atom. The SMILES string of the molecule is COC(=O)c1cc(=O)c2c(N)ccc(Cl)c2[nH]1. The van der Waals surface area contributed by atoms with Crippen LogP contribution in [0.4, 0.5) is 5.69 Å². The molecular formula is C11H9ClN2O3. The van der Waals surface area contributed by atoms with Gasteiger partial charge in [0, 0.05) is 11.8 Å². The molecule has 88 valence electrons. The van der Waals surface area contributed by atoms with Crippen LogP contribution in [-0.4, -0.2) is 18.1 Å². The number of aromatic amines is 1. The predicted molar refractivity (Wildman–Crippen MR) is 65.3 cm³/mol. The Hall–Kier alpha value is -2.01. The lowest BCUT2D eigenvalue weighted by molar-refractivity contribution is 0.0594. The number of hydrogen-bond acceptors (Lipinski definition) is 4. The second kappa shape index (κ2) is 4.10. The Labute approximate surface area is 101 Å². The van der Waals surface area contributed by atoms with E-state index in [2.05, 4.69) is 9.72 Å². The van der Waals surface area contributed by atoms with Gasteiger partial charge in [0.1, 0.15) is 5.69 Å². The molecule has 0 saturated carbocycles. The molecular weight excluding hydrogens is 244 g/mol. The summed E-state index contributed by atoms with van der Waals surface area (Å²) < 4.78 is 4.53.